The molecule has 5 nitrogen and oxygen atoms in total. The minimum absolute atomic E-state index is 0. The molecule has 15 heavy (non-hydrogen) atoms. The van der Waals surface area contributed by atoms with E-state index in [-0.39, 0.29) is 66.5 Å². The van der Waals surface area contributed by atoms with E-state index in [1.807, 2.05) is 0 Å². The molecule has 0 aromatic rings. The smallest absolute Gasteiger partial charge is 0.759 e. The fourth-order valence-electron chi connectivity index (χ4n) is 0.510. The monoisotopic (exact) mass is 256 g/mol. The van der Waals surface area contributed by atoms with Crippen molar-refractivity contribution >= 4 is 18.2 Å². The van der Waals surface area contributed by atoms with Crippen molar-refractivity contribution in [2.24, 2.45) is 0 Å². The Morgan fingerprint density at radius 3 is 1.33 bits per heavy atom. The Hall–Kier alpha value is 1.89. The van der Waals surface area contributed by atoms with Crippen LogP contribution in [0.3, 0.4) is 0 Å². The van der Waals surface area contributed by atoms with Crippen LogP contribution in [0.1, 0.15) is 20.3 Å². The predicted molar refractivity (Wildman–Crippen MR) is 48.9 cm³/mol. The van der Waals surface area contributed by atoms with Gasteiger partial charge in [-0.15, -0.1) is 0 Å². The molecule has 0 unspecified atom stereocenters. The summed E-state index contributed by atoms with van der Waals surface area (Å²) in [6, 6.07) is 0. The second-order valence-electron chi connectivity index (χ2n) is 1.73. The Balaban J connectivity index is -0.0000000326. The Morgan fingerprint density at radius 1 is 1.07 bits per heavy atom. The van der Waals surface area contributed by atoms with E-state index < -0.39 is 10.4 Å². The summed E-state index contributed by atoms with van der Waals surface area (Å²) in [4.78, 5) is 0. The molecule has 1 saturated heterocycles. The van der Waals surface area contributed by atoms with Crippen molar-refractivity contribution in [1.82, 2.24) is 0 Å². The molecule has 0 saturated carbocycles. The average Bonchev–Trinajstić information content (AvgIpc) is 2.41. The molecule has 1 heterocycles. The number of ether oxygens (including phenoxy) is 1. The first-order valence-corrected chi connectivity index (χ1v) is 4.65. The van der Waals surface area contributed by atoms with Crippen molar-refractivity contribution in [3.8, 4) is 0 Å². The van der Waals surface area contributed by atoms with Gasteiger partial charge in [-0.2, -0.15) is 0 Å². The molecule has 80 valence electrons. The zero-order valence-corrected chi connectivity index (χ0v) is 13.7. The summed E-state index contributed by atoms with van der Waals surface area (Å²) < 4.78 is 39.0. The first kappa shape index (κ1) is 30.2. The maximum atomic E-state index is 8.52. The molecule has 1 rings (SSSR count). The van der Waals surface area contributed by atoms with Crippen molar-refractivity contribution in [1.29, 1.82) is 0 Å². The van der Waals surface area contributed by atoms with E-state index in [1.165, 1.54) is 19.7 Å². The van der Waals surface area contributed by atoms with Crippen LogP contribution in [0.2, 0.25) is 6.82 Å². The van der Waals surface area contributed by atoms with Crippen LogP contribution < -0.4 is 59.1 Å². The minimum Gasteiger partial charge on any atom is -0.759 e. The van der Waals surface area contributed by atoms with Gasteiger partial charge in [0, 0.05) is 23.6 Å². The van der Waals surface area contributed by atoms with Crippen LogP contribution in [0.25, 0.3) is 0 Å². The van der Waals surface area contributed by atoms with Gasteiger partial charge < -0.3 is 13.8 Å². The molecule has 0 aliphatic carbocycles. The Morgan fingerprint density at radius 2 is 1.27 bits per heavy atom. The van der Waals surface area contributed by atoms with Crippen LogP contribution in [0.5, 0.6) is 0 Å². The van der Waals surface area contributed by atoms with Gasteiger partial charge >= 0.3 is 59.1 Å². The van der Waals surface area contributed by atoms with Gasteiger partial charge in [0.05, 0.1) is 7.85 Å². The van der Waals surface area contributed by atoms with Gasteiger partial charge in [0.2, 0.25) is 0 Å². The summed E-state index contributed by atoms with van der Waals surface area (Å²) in [5.74, 6) is 0. The molecular formula is C6H15BNa2O5S. The van der Waals surface area contributed by atoms with Gasteiger partial charge in [-0.25, -0.2) is 0 Å². The second kappa shape index (κ2) is 21.2. The summed E-state index contributed by atoms with van der Waals surface area (Å²) in [7, 11) is -0.667. The van der Waals surface area contributed by atoms with Crippen molar-refractivity contribution in [3.05, 3.63) is 0 Å². The average molecular weight is 256 g/mol. The number of hydrogen-bond acceptors (Lipinski definition) is 5. The van der Waals surface area contributed by atoms with Crippen LogP contribution in [-0.2, 0) is 15.1 Å². The van der Waals surface area contributed by atoms with Gasteiger partial charge in [-0.1, -0.05) is 14.2 Å². The first-order valence-electron chi connectivity index (χ1n) is 3.32. The molecule has 1 fully saturated rings. The van der Waals surface area contributed by atoms with E-state index in [2.05, 4.69) is 7.85 Å². The summed E-state index contributed by atoms with van der Waals surface area (Å²) in [6.07, 6.45) is 2.56. The summed E-state index contributed by atoms with van der Waals surface area (Å²) in [6.45, 7) is 3.50. The SMILES string of the molecule is C.C1CCOC1.O=S(=O)([O-])[O-].[B]C.[Na+].[Na+]. The number of rotatable bonds is 0. The fraction of sp³-hybridized carbons (Fsp3) is 1.00. The Bertz CT molecular complexity index is 157. The summed E-state index contributed by atoms with van der Waals surface area (Å²) in [5, 5.41) is 0. The van der Waals surface area contributed by atoms with E-state index in [9.17, 15) is 0 Å². The zero-order chi connectivity index (χ0) is 10.0. The van der Waals surface area contributed by atoms with Crippen LogP contribution >= 0.6 is 0 Å². The van der Waals surface area contributed by atoms with Crippen molar-refractivity contribution in [3.63, 3.8) is 0 Å². The van der Waals surface area contributed by atoms with Gasteiger partial charge in [0.1, 0.15) is 0 Å². The van der Waals surface area contributed by atoms with Gasteiger partial charge in [0.15, 0.2) is 0 Å². The van der Waals surface area contributed by atoms with Gasteiger partial charge in [-0.05, 0) is 12.8 Å². The van der Waals surface area contributed by atoms with E-state index in [0.717, 1.165) is 13.2 Å². The summed E-state index contributed by atoms with van der Waals surface area (Å²) >= 11 is 0. The normalized spacial score (nSPS) is 12.2. The predicted octanol–water partition coefficient (Wildman–Crippen LogP) is -5.69. The summed E-state index contributed by atoms with van der Waals surface area (Å²) in [5.41, 5.74) is 0. The molecule has 1 aliphatic heterocycles. The molecule has 0 spiro atoms. The molecule has 9 heteroatoms. The third kappa shape index (κ3) is 64.6. The quantitative estimate of drug-likeness (QED) is 0.245. The first-order chi connectivity index (χ1) is 5.50. The number of hydrogen-bond donors (Lipinski definition) is 0. The van der Waals surface area contributed by atoms with Crippen LogP contribution in [0, 0.1) is 0 Å². The van der Waals surface area contributed by atoms with Crippen molar-refractivity contribution in [2.45, 2.75) is 27.1 Å². The molecule has 1 aliphatic rings. The molecule has 0 N–H and O–H groups in total. The van der Waals surface area contributed by atoms with Crippen molar-refractivity contribution < 1.29 is 81.4 Å². The standard InChI is InChI=1S/C4H8O.CH3B.CH4.2Na.H2O4S/c1-2-4-5-3-1;1-2;;;;1-5(2,3)4/h1-4H2;1H3;1H4;;;(H2,1,2,3,4)/q;;;2*+1;/p-2. The topological polar surface area (TPSA) is 89.5 Å². The van der Waals surface area contributed by atoms with Gasteiger partial charge in [0.25, 0.3) is 0 Å². The molecule has 0 aromatic carbocycles. The van der Waals surface area contributed by atoms with Crippen LogP contribution in [-0.4, -0.2) is 38.6 Å². The van der Waals surface area contributed by atoms with Crippen LogP contribution in [0.15, 0.2) is 0 Å². The molecule has 2 radical (unpaired) electrons. The molecule has 0 bridgehead atoms. The van der Waals surface area contributed by atoms with Crippen molar-refractivity contribution in [2.75, 3.05) is 13.2 Å². The zero-order valence-electron chi connectivity index (χ0n) is 8.86. The van der Waals surface area contributed by atoms with Crippen LogP contribution in [0.4, 0.5) is 0 Å². The van der Waals surface area contributed by atoms with Gasteiger partial charge in [-0.3, -0.25) is 8.42 Å². The molecule has 0 atom stereocenters. The maximum absolute atomic E-state index is 8.52. The minimum atomic E-state index is -5.17. The Labute approximate surface area is 138 Å². The molecule has 0 amide bonds. The second-order valence-corrected chi connectivity index (χ2v) is 2.54. The fourth-order valence-corrected chi connectivity index (χ4v) is 0.510. The molecular weight excluding hydrogens is 241 g/mol. The van der Waals surface area contributed by atoms with E-state index in [4.69, 9.17) is 22.3 Å². The van der Waals surface area contributed by atoms with E-state index >= 15 is 0 Å². The van der Waals surface area contributed by atoms with E-state index in [0.29, 0.717) is 0 Å². The molecule has 0 aromatic heterocycles. The largest absolute Gasteiger partial charge is 1.00 e. The third-order valence-electron chi connectivity index (χ3n) is 0.827. The Kier molecular flexibility index (Phi) is 42.7. The van der Waals surface area contributed by atoms with E-state index in [1.54, 1.807) is 0 Å². The maximum Gasteiger partial charge on any atom is 1.00 e. The third-order valence-corrected chi connectivity index (χ3v) is 0.827.